The second kappa shape index (κ2) is 6.39. The fourth-order valence-corrected chi connectivity index (χ4v) is 3.60. The number of aliphatic hydroxyl groups excluding tert-OH is 1. The molecule has 112 valence electrons. The molecule has 2 saturated carbocycles. The second-order valence-corrected chi connectivity index (χ2v) is 5.92. The Labute approximate surface area is 118 Å². The van der Waals surface area contributed by atoms with Crippen LogP contribution in [-0.4, -0.2) is 33.4 Å². The van der Waals surface area contributed by atoms with E-state index in [1.54, 1.807) is 0 Å². The molecular weight excluding hydrogens is 260 g/mol. The van der Waals surface area contributed by atoms with Crippen molar-refractivity contribution in [3.8, 4) is 0 Å². The molecule has 5 heteroatoms. The molecule has 0 amide bonds. The number of hydrogen-bond acceptors (Lipinski definition) is 3. The van der Waals surface area contributed by atoms with Crippen molar-refractivity contribution in [3.63, 3.8) is 0 Å². The zero-order valence-electron chi connectivity index (χ0n) is 11.5. The van der Waals surface area contributed by atoms with Crippen LogP contribution in [0.5, 0.6) is 0 Å². The van der Waals surface area contributed by atoms with E-state index < -0.39 is 11.9 Å². The lowest BCUT2D eigenvalue weighted by molar-refractivity contribution is -0.137. The van der Waals surface area contributed by atoms with Crippen molar-refractivity contribution in [3.05, 3.63) is 11.1 Å². The van der Waals surface area contributed by atoms with E-state index in [0.717, 1.165) is 25.7 Å². The van der Waals surface area contributed by atoms with Crippen LogP contribution >= 0.6 is 0 Å². The zero-order chi connectivity index (χ0) is 14.7. The maximum Gasteiger partial charge on any atom is 0.332 e. The number of hydrogen-bond donors (Lipinski definition) is 3. The third-order valence-electron chi connectivity index (χ3n) is 4.62. The average molecular weight is 282 g/mol. The number of carboxylic acid groups (broad SMARTS) is 2. The van der Waals surface area contributed by atoms with Crippen molar-refractivity contribution < 1.29 is 24.9 Å². The highest BCUT2D eigenvalue weighted by molar-refractivity contribution is 5.99. The standard InChI is InChI=1S/C15H22O5/c16-11-7-5-10(6-8-11)13(15(19)20)12(14(17)18)9-3-1-2-4-9/h9-11,16H,1-8H2,(H,17,18)(H,19,20)/t10-,11+. The first-order valence-electron chi connectivity index (χ1n) is 7.39. The number of carbonyl (C=O) groups is 2. The molecule has 0 aromatic carbocycles. The molecule has 5 nitrogen and oxygen atoms in total. The van der Waals surface area contributed by atoms with Gasteiger partial charge in [0.1, 0.15) is 0 Å². The molecule has 2 fully saturated rings. The van der Waals surface area contributed by atoms with E-state index in [1.807, 2.05) is 0 Å². The van der Waals surface area contributed by atoms with Gasteiger partial charge in [0, 0.05) is 0 Å². The van der Waals surface area contributed by atoms with E-state index in [0.29, 0.717) is 25.7 Å². The first kappa shape index (κ1) is 15.0. The van der Waals surface area contributed by atoms with Gasteiger partial charge in [-0.05, 0) is 50.4 Å². The first-order valence-corrected chi connectivity index (χ1v) is 7.39. The lowest BCUT2D eigenvalue weighted by atomic mass is 9.78. The first-order chi connectivity index (χ1) is 9.50. The minimum Gasteiger partial charge on any atom is -0.478 e. The quantitative estimate of drug-likeness (QED) is 0.687. The smallest absolute Gasteiger partial charge is 0.332 e. The SMILES string of the molecule is O=C(O)C(=C(C(=O)O)[C@H]1CC[C@@H](O)CC1)C1CCCC1. The molecule has 0 aromatic heterocycles. The van der Waals surface area contributed by atoms with Crippen LogP contribution in [0.1, 0.15) is 51.4 Å². The molecule has 0 saturated heterocycles. The van der Waals surface area contributed by atoms with E-state index in [9.17, 15) is 24.9 Å². The molecule has 0 unspecified atom stereocenters. The summed E-state index contributed by atoms with van der Waals surface area (Å²) >= 11 is 0. The summed E-state index contributed by atoms with van der Waals surface area (Å²) < 4.78 is 0. The molecule has 0 bridgehead atoms. The summed E-state index contributed by atoms with van der Waals surface area (Å²) in [5, 5.41) is 28.5. The number of rotatable bonds is 4. The van der Waals surface area contributed by atoms with Gasteiger partial charge >= 0.3 is 11.9 Å². The van der Waals surface area contributed by atoms with Gasteiger partial charge in [0.15, 0.2) is 0 Å². The van der Waals surface area contributed by atoms with E-state index in [-0.39, 0.29) is 29.1 Å². The van der Waals surface area contributed by atoms with Gasteiger partial charge in [-0.15, -0.1) is 0 Å². The molecule has 0 aromatic rings. The van der Waals surface area contributed by atoms with E-state index >= 15 is 0 Å². The Morgan fingerprint density at radius 1 is 0.700 bits per heavy atom. The van der Waals surface area contributed by atoms with E-state index in [1.165, 1.54) is 0 Å². The number of carboxylic acids is 2. The maximum atomic E-state index is 11.6. The highest BCUT2D eigenvalue weighted by atomic mass is 16.4. The predicted octanol–water partition coefficient (Wildman–Crippen LogP) is 2.19. The van der Waals surface area contributed by atoms with Gasteiger partial charge in [0.2, 0.25) is 0 Å². The minimum atomic E-state index is -1.10. The normalized spacial score (nSPS) is 29.1. The summed E-state index contributed by atoms with van der Waals surface area (Å²) in [5.74, 6) is -2.54. The Morgan fingerprint density at radius 3 is 1.50 bits per heavy atom. The molecule has 2 aliphatic rings. The fourth-order valence-electron chi connectivity index (χ4n) is 3.60. The molecule has 0 heterocycles. The van der Waals surface area contributed by atoms with Gasteiger partial charge in [-0.3, -0.25) is 0 Å². The predicted molar refractivity (Wildman–Crippen MR) is 72.2 cm³/mol. The van der Waals surface area contributed by atoms with Crippen LogP contribution < -0.4 is 0 Å². The Balaban J connectivity index is 2.33. The monoisotopic (exact) mass is 282 g/mol. The van der Waals surface area contributed by atoms with Gasteiger partial charge in [-0.25, -0.2) is 9.59 Å². The Bertz CT molecular complexity index is 412. The Morgan fingerprint density at radius 2 is 1.10 bits per heavy atom. The molecule has 2 aliphatic carbocycles. The van der Waals surface area contributed by atoms with Crippen LogP contribution in [0, 0.1) is 11.8 Å². The van der Waals surface area contributed by atoms with E-state index in [4.69, 9.17) is 0 Å². The van der Waals surface area contributed by atoms with E-state index in [2.05, 4.69) is 0 Å². The van der Waals surface area contributed by atoms with Gasteiger partial charge in [-0.1, -0.05) is 12.8 Å². The minimum absolute atomic E-state index is 0.0938. The topological polar surface area (TPSA) is 94.8 Å². The fraction of sp³-hybridized carbons (Fsp3) is 0.733. The average Bonchev–Trinajstić information content (AvgIpc) is 2.89. The van der Waals surface area contributed by atoms with Crippen molar-refractivity contribution in [2.75, 3.05) is 0 Å². The number of aliphatic hydroxyl groups is 1. The van der Waals surface area contributed by atoms with Crippen LogP contribution in [0.2, 0.25) is 0 Å². The highest BCUT2D eigenvalue weighted by Gasteiger charge is 2.35. The van der Waals surface area contributed by atoms with Crippen molar-refractivity contribution in [1.29, 1.82) is 0 Å². The lowest BCUT2D eigenvalue weighted by Crippen LogP contribution is -2.27. The van der Waals surface area contributed by atoms with Gasteiger partial charge in [0.25, 0.3) is 0 Å². The molecule has 20 heavy (non-hydrogen) atoms. The highest BCUT2D eigenvalue weighted by Crippen LogP contribution is 2.38. The summed E-state index contributed by atoms with van der Waals surface area (Å²) in [7, 11) is 0. The Kier molecular flexibility index (Phi) is 4.81. The van der Waals surface area contributed by atoms with Crippen LogP contribution in [0.3, 0.4) is 0 Å². The molecular formula is C15H22O5. The number of aliphatic carboxylic acids is 2. The molecule has 0 aliphatic heterocycles. The van der Waals surface area contributed by atoms with Crippen molar-refractivity contribution >= 4 is 11.9 Å². The third-order valence-corrected chi connectivity index (χ3v) is 4.62. The summed E-state index contributed by atoms with van der Waals surface area (Å²) in [6, 6.07) is 0. The van der Waals surface area contributed by atoms with Crippen LogP contribution in [0.25, 0.3) is 0 Å². The van der Waals surface area contributed by atoms with Gasteiger partial charge in [0.05, 0.1) is 17.3 Å². The third kappa shape index (κ3) is 3.20. The molecule has 0 radical (unpaired) electrons. The largest absolute Gasteiger partial charge is 0.478 e. The van der Waals surface area contributed by atoms with Crippen LogP contribution in [0.15, 0.2) is 11.1 Å². The molecule has 3 N–H and O–H groups in total. The lowest BCUT2D eigenvalue weighted by Gasteiger charge is -2.28. The molecule has 2 rings (SSSR count). The second-order valence-electron chi connectivity index (χ2n) is 5.92. The van der Waals surface area contributed by atoms with Crippen molar-refractivity contribution in [2.24, 2.45) is 11.8 Å². The van der Waals surface area contributed by atoms with Crippen LogP contribution in [-0.2, 0) is 9.59 Å². The van der Waals surface area contributed by atoms with Gasteiger partial charge < -0.3 is 15.3 Å². The zero-order valence-corrected chi connectivity index (χ0v) is 11.5. The summed E-state index contributed by atoms with van der Waals surface area (Å²) in [6.45, 7) is 0. The summed E-state index contributed by atoms with van der Waals surface area (Å²) in [5.41, 5.74) is 0.215. The summed E-state index contributed by atoms with van der Waals surface area (Å²) in [4.78, 5) is 23.2. The molecule has 0 atom stereocenters. The van der Waals surface area contributed by atoms with Crippen molar-refractivity contribution in [2.45, 2.75) is 57.5 Å². The maximum absolute atomic E-state index is 11.6. The summed E-state index contributed by atoms with van der Waals surface area (Å²) in [6.07, 6.45) is 5.34. The van der Waals surface area contributed by atoms with Gasteiger partial charge in [-0.2, -0.15) is 0 Å². The Hall–Kier alpha value is -1.36. The van der Waals surface area contributed by atoms with Crippen LogP contribution in [0.4, 0.5) is 0 Å². The van der Waals surface area contributed by atoms with Crippen molar-refractivity contribution in [1.82, 2.24) is 0 Å². The molecule has 0 spiro atoms.